The van der Waals surface area contributed by atoms with Crippen LogP contribution in [0.25, 0.3) is 0 Å². The molecule has 4 fully saturated rings. The molecule has 174 valence electrons. The highest BCUT2D eigenvalue weighted by atomic mass is 32.1. The lowest BCUT2D eigenvalue weighted by Crippen LogP contribution is -2.49. The molecule has 0 amide bonds. The first-order valence-electron chi connectivity index (χ1n) is 12.7. The van der Waals surface area contributed by atoms with Crippen molar-refractivity contribution in [2.75, 3.05) is 0 Å². The molecule has 4 saturated carbocycles. The van der Waals surface area contributed by atoms with E-state index in [0.29, 0.717) is 28.7 Å². The van der Waals surface area contributed by atoms with Crippen LogP contribution in [-0.2, 0) is 12.6 Å². The fourth-order valence-electron chi connectivity index (χ4n) is 9.02. The van der Waals surface area contributed by atoms with Crippen molar-refractivity contribution in [1.29, 1.82) is 0 Å². The van der Waals surface area contributed by atoms with Gasteiger partial charge in [-0.2, -0.15) is 13.2 Å². The van der Waals surface area contributed by atoms with Crippen LogP contribution in [0.15, 0.2) is 5.38 Å². The number of nitrogens with zero attached hydrogens (tertiary/aromatic N) is 1. The Hall–Kier alpha value is -0.580. The van der Waals surface area contributed by atoms with E-state index in [1.165, 1.54) is 74.5 Å². The summed E-state index contributed by atoms with van der Waals surface area (Å²) in [7, 11) is 0. The lowest BCUT2D eigenvalue weighted by molar-refractivity contribution is -0.140. The van der Waals surface area contributed by atoms with E-state index in [-0.39, 0.29) is 0 Å². The van der Waals surface area contributed by atoms with Crippen molar-refractivity contribution in [3.8, 4) is 0 Å². The molecule has 0 aromatic carbocycles. The molecule has 0 spiro atoms. The Bertz CT molecular complexity index is 788. The first-order chi connectivity index (χ1) is 14.7. The molecular weight excluding hydrogens is 415 g/mol. The van der Waals surface area contributed by atoms with E-state index in [1.807, 2.05) is 0 Å². The molecule has 0 saturated heterocycles. The monoisotopic (exact) mass is 453 g/mol. The van der Waals surface area contributed by atoms with E-state index in [9.17, 15) is 13.2 Å². The van der Waals surface area contributed by atoms with Gasteiger partial charge in [0.25, 0.3) is 0 Å². The van der Waals surface area contributed by atoms with Crippen LogP contribution >= 0.6 is 11.3 Å². The number of thiazole rings is 1. The van der Waals surface area contributed by atoms with Crippen molar-refractivity contribution in [3.63, 3.8) is 0 Å². The van der Waals surface area contributed by atoms with Crippen molar-refractivity contribution in [3.05, 3.63) is 16.1 Å². The zero-order valence-corrected chi connectivity index (χ0v) is 20.1. The molecule has 4 aliphatic rings. The van der Waals surface area contributed by atoms with E-state index in [4.69, 9.17) is 0 Å². The summed E-state index contributed by atoms with van der Waals surface area (Å²) in [4.78, 5) is 3.93. The maximum Gasteiger partial charge on any atom is 0.434 e. The second kappa shape index (κ2) is 8.02. The molecule has 4 aliphatic carbocycles. The van der Waals surface area contributed by atoms with Gasteiger partial charge in [0.2, 0.25) is 0 Å². The van der Waals surface area contributed by atoms with E-state index < -0.39 is 11.9 Å². The number of hydrogen-bond acceptors (Lipinski definition) is 2. The number of hydrogen-bond donors (Lipinski definition) is 0. The minimum Gasteiger partial charge on any atom is -0.237 e. The van der Waals surface area contributed by atoms with Crippen LogP contribution in [0.2, 0.25) is 0 Å². The van der Waals surface area contributed by atoms with Crippen LogP contribution in [0, 0.1) is 52.8 Å². The smallest absolute Gasteiger partial charge is 0.237 e. The Morgan fingerprint density at radius 1 is 1.06 bits per heavy atom. The van der Waals surface area contributed by atoms with Crippen molar-refractivity contribution < 1.29 is 13.2 Å². The first kappa shape index (κ1) is 22.2. The predicted octanol–water partition coefficient (Wildman–Crippen LogP) is 8.25. The summed E-state index contributed by atoms with van der Waals surface area (Å²) < 4.78 is 38.9. The molecular formula is C26H38F3NS. The zero-order valence-electron chi connectivity index (χ0n) is 19.3. The number of aromatic nitrogens is 1. The Labute approximate surface area is 189 Å². The summed E-state index contributed by atoms with van der Waals surface area (Å²) in [6, 6.07) is 0. The standard InChI is InChI=1S/C26H38F3NS/c1-15-4-6-18-17(12-15)5-7-20-19(18)10-11-25(3)21(8-9-22(20)25)16(2)13-24-30-23(14-31-24)26(27,28)29/h14-22H,4-13H2,1-3H3. The van der Waals surface area contributed by atoms with Gasteiger partial charge in [0.15, 0.2) is 5.69 Å². The van der Waals surface area contributed by atoms with Crippen molar-refractivity contribution in [2.45, 2.75) is 91.2 Å². The van der Waals surface area contributed by atoms with Gasteiger partial charge in [-0.15, -0.1) is 11.3 Å². The van der Waals surface area contributed by atoms with E-state index >= 15 is 0 Å². The minimum atomic E-state index is -4.32. The quantitative estimate of drug-likeness (QED) is 0.449. The average Bonchev–Trinajstić information content (AvgIpc) is 3.31. The fourth-order valence-corrected chi connectivity index (χ4v) is 9.96. The molecule has 0 aliphatic heterocycles. The van der Waals surface area contributed by atoms with Crippen molar-refractivity contribution >= 4 is 11.3 Å². The van der Waals surface area contributed by atoms with Gasteiger partial charge in [-0.25, -0.2) is 4.98 Å². The number of alkyl halides is 3. The maximum absolute atomic E-state index is 13.0. The van der Waals surface area contributed by atoms with Gasteiger partial charge >= 0.3 is 6.18 Å². The summed E-state index contributed by atoms with van der Waals surface area (Å²) in [5.74, 6) is 6.61. The second-order valence-electron chi connectivity index (χ2n) is 11.9. The SMILES string of the molecule is CC1CCC2C(CCC3C2CCC2(C)C(C(C)Cc4nc(C(F)(F)F)cs4)CCC32)C1. The maximum atomic E-state index is 13.0. The second-order valence-corrected chi connectivity index (χ2v) is 12.8. The molecule has 5 rings (SSSR count). The van der Waals surface area contributed by atoms with Gasteiger partial charge in [0.05, 0.1) is 5.01 Å². The highest BCUT2D eigenvalue weighted by molar-refractivity contribution is 7.09. The Morgan fingerprint density at radius 2 is 1.84 bits per heavy atom. The molecule has 1 nitrogen and oxygen atoms in total. The van der Waals surface area contributed by atoms with Gasteiger partial charge in [-0.3, -0.25) is 0 Å². The van der Waals surface area contributed by atoms with Gasteiger partial charge in [-0.1, -0.05) is 27.2 Å². The number of fused-ring (bicyclic) bond motifs is 5. The summed E-state index contributed by atoms with van der Waals surface area (Å²) in [5, 5.41) is 1.85. The zero-order chi connectivity index (χ0) is 22.0. The molecule has 9 atom stereocenters. The largest absolute Gasteiger partial charge is 0.434 e. The molecule has 0 N–H and O–H groups in total. The summed E-state index contributed by atoms with van der Waals surface area (Å²) in [5.41, 5.74) is -0.339. The lowest BCUT2D eigenvalue weighted by atomic mass is 9.49. The predicted molar refractivity (Wildman–Crippen MR) is 120 cm³/mol. The number of halogens is 3. The first-order valence-corrected chi connectivity index (χ1v) is 13.6. The van der Waals surface area contributed by atoms with Crippen LogP contribution in [0.5, 0.6) is 0 Å². The highest BCUT2D eigenvalue weighted by Crippen LogP contribution is 2.65. The van der Waals surface area contributed by atoms with Crippen LogP contribution in [0.4, 0.5) is 13.2 Å². The molecule has 0 radical (unpaired) electrons. The van der Waals surface area contributed by atoms with Gasteiger partial charge in [0, 0.05) is 11.8 Å². The molecule has 31 heavy (non-hydrogen) atoms. The van der Waals surface area contributed by atoms with Crippen molar-refractivity contribution in [1.82, 2.24) is 4.98 Å². The molecule has 0 bridgehead atoms. The molecule has 9 unspecified atom stereocenters. The Morgan fingerprint density at radius 3 is 2.58 bits per heavy atom. The molecule has 1 heterocycles. The van der Waals surface area contributed by atoms with E-state index in [1.54, 1.807) is 0 Å². The van der Waals surface area contributed by atoms with Crippen LogP contribution < -0.4 is 0 Å². The topological polar surface area (TPSA) is 12.9 Å². The normalized spacial score (nSPS) is 43.7. The van der Waals surface area contributed by atoms with E-state index in [2.05, 4.69) is 25.8 Å². The third kappa shape index (κ3) is 3.89. The highest BCUT2D eigenvalue weighted by Gasteiger charge is 2.57. The van der Waals surface area contributed by atoms with Gasteiger partial charge in [-0.05, 0) is 104 Å². The molecule has 1 aromatic rings. The molecule has 1 aromatic heterocycles. The Kier molecular flexibility index (Phi) is 5.75. The van der Waals surface area contributed by atoms with Crippen LogP contribution in [0.1, 0.15) is 89.3 Å². The fraction of sp³-hybridized carbons (Fsp3) is 0.885. The summed E-state index contributed by atoms with van der Waals surface area (Å²) in [6.45, 7) is 7.27. The van der Waals surface area contributed by atoms with Crippen LogP contribution in [0.3, 0.4) is 0 Å². The number of rotatable bonds is 3. The minimum absolute atomic E-state index is 0.374. The summed E-state index contributed by atoms with van der Waals surface area (Å²) >= 11 is 1.19. The van der Waals surface area contributed by atoms with Crippen molar-refractivity contribution in [2.24, 2.45) is 52.8 Å². The molecule has 5 heteroatoms. The summed E-state index contributed by atoms with van der Waals surface area (Å²) in [6.07, 6.45) is 8.93. The average molecular weight is 454 g/mol. The Balaban J connectivity index is 1.28. The van der Waals surface area contributed by atoms with Gasteiger partial charge in [0.1, 0.15) is 0 Å². The van der Waals surface area contributed by atoms with Gasteiger partial charge < -0.3 is 0 Å². The third-order valence-corrected chi connectivity index (χ3v) is 11.2. The third-order valence-electron chi connectivity index (χ3n) is 10.3. The van der Waals surface area contributed by atoms with E-state index in [0.717, 1.165) is 35.5 Å². The van der Waals surface area contributed by atoms with Crippen LogP contribution in [-0.4, -0.2) is 4.98 Å². The lowest BCUT2D eigenvalue weighted by Gasteiger charge is -2.56.